The van der Waals surface area contributed by atoms with Gasteiger partial charge in [-0.25, -0.2) is 9.48 Å². The molecule has 1 saturated heterocycles. The number of amides is 1. The highest BCUT2D eigenvalue weighted by molar-refractivity contribution is 7.99. The Labute approximate surface area is 172 Å². The molecule has 1 aromatic rings. The Morgan fingerprint density at radius 1 is 1.31 bits per heavy atom. The van der Waals surface area contributed by atoms with Gasteiger partial charge in [-0.15, -0.1) is 5.10 Å². The van der Waals surface area contributed by atoms with Crippen molar-refractivity contribution >= 4 is 23.6 Å². The number of nitrogens with zero attached hydrogens (tertiary/aromatic N) is 4. The van der Waals surface area contributed by atoms with Crippen LogP contribution in [0.3, 0.4) is 0 Å². The lowest BCUT2D eigenvalue weighted by molar-refractivity contribution is -0.192. The molecule has 2 heterocycles. The van der Waals surface area contributed by atoms with E-state index in [4.69, 9.17) is 15.6 Å². The van der Waals surface area contributed by atoms with Crippen molar-refractivity contribution in [3.63, 3.8) is 0 Å². The van der Waals surface area contributed by atoms with E-state index in [0.29, 0.717) is 12.5 Å². The number of alkyl halides is 3. The normalized spacial score (nSPS) is 15.6. The van der Waals surface area contributed by atoms with Crippen LogP contribution in [0.4, 0.5) is 13.2 Å². The predicted molar refractivity (Wildman–Crippen MR) is 103 cm³/mol. The van der Waals surface area contributed by atoms with E-state index in [1.165, 1.54) is 0 Å². The molecule has 1 aliphatic rings. The van der Waals surface area contributed by atoms with E-state index < -0.39 is 17.7 Å². The molecule has 1 aromatic heterocycles. The second-order valence-corrected chi connectivity index (χ2v) is 8.56. The van der Waals surface area contributed by atoms with Crippen molar-refractivity contribution in [3.8, 4) is 0 Å². The van der Waals surface area contributed by atoms with Crippen LogP contribution >= 0.6 is 11.8 Å². The van der Waals surface area contributed by atoms with E-state index in [9.17, 15) is 18.0 Å². The van der Waals surface area contributed by atoms with E-state index >= 15 is 0 Å². The van der Waals surface area contributed by atoms with Gasteiger partial charge in [0.05, 0.1) is 17.8 Å². The van der Waals surface area contributed by atoms with Gasteiger partial charge in [0.15, 0.2) is 0 Å². The number of likely N-dealkylation sites (tertiary alicyclic amines) is 1. The first kappa shape index (κ1) is 25.2. The third-order valence-corrected chi connectivity index (χ3v) is 5.17. The molecule has 0 saturated carbocycles. The van der Waals surface area contributed by atoms with Crippen molar-refractivity contribution in [1.29, 1.82) is 0 Å². The molecule has 12 heteroatoms. The van der Waals surface area contributed by atoms with E-state index in [1.807, 2.05) is 41.4 Å². The average molecular weight is 440 g/mol. The van der Waals surface area contributed by atoms with Crippen LogP contribution in [0.25, 0.3) is 0 Å². The van der Waals surface area contributed by atoms with E-state index in [0.717, 1.165) is 43.1 Å². The summed E-state index contributed by atoms with van der Waals surface area (Å²) in [5.74, 6) is -0.483. The molecule has 1 amide bonds. The number of carboxylic acids is 1. The molecule has 0 atom stereocenters. The fourth-order valence-corrected chi connectivity index (χ4v) is 3.20. The van der Waals surface area contributed by atoms with Gasteiger partial charge >= 0.3 is 12.1 Å². The van der Waals surface area contributed by atoms with Crippen molar-refractivity contribution < 1.29 is 27.9 Å². The number of aliphatic carboxylic acids is 1. The summed E-state index contributed by atoms with van der Waals surface area (Å²) in [6.45, 7) is 7.59. The van der Waals surface area contributed by atoms with Crippen molar-refractivity contribution in [2.24, 2.45) is 5.73 Å². The van der Waals surface area contributed by atoms with Crippen molar-refractivity contribution in [2.75, 3.05) is 24.6 Å². The van der Waals surface area contributed by atoms with Crippen molar-refractivity contribution in [2.45, 2.75) is 57.8 Å². The molecule has 0 aliphatic carbocycles. The number of carbonyl (C=O) groups is 2. The average Bonchev–Trinajstić information content (AvgIpc) is 3.12. The van der Waals surface area contributed by atoms with Crippen LogP contribution in [0.5, 0.6) is 0 Å². The molecule has 166 valence electrons. The van der Waals surface area contributed by atoms with Crippen molar-refractivity contribution in [3.05, 3.63) is 11.9 Å². The van der Waals surface area contributed by atoms with Gasteiger partial charge in [0.25, 0.3) is 0 Å². The SMILES string of the molecule is CCSCCC(=O)N1CCC(n2cc(C(C)(C)N)nn2)CC1.O=C(O)C(F)(F)F. The highest BCUT2D eigenvalue weighted by Crippen LogP contribution is 2.24. The molecule has 8 nitrogen and oxygen atoms in total. The third-order valence-electron chi connectivity index (χ3n) is 4.27. The highest BCUT2D eigenvalue weighted by Gasteiger charge is 2.38. The molecule has 0 aromatic carbocycles. The van der Waals surface area contributed by atoms with Gasteiger partial charge in [0.1, 0.15) is 5.69 Å². The van der Waals surface area contributed by atoms with Gasteiger partial charge in [-0.1, -0.05) is 12.1 Å². The largest absolute Gasteiger partial charge is 0.490 e. The monoisotopic (exact) mass is 439 g/mol. The first-order valence-electron chi connectivity index (χ1n) is 9.23. The number of thioether (sulfide) groups is 1. The van der Waals surface area contributed by atoms with Gasteiger partial charge in [-0.3, -0.25) is 4.79 Å². The summed E-state index contributed by atoms with van der Waals surface area (Å²) in [4.78, 5) is 23.0. The molecule has 29 heavy (non-hydrogen) atoms. The number of aromatic nitrogens is 3. The standard InChI is InChI=1S/C15H27N5OS.C2HF3O2/c1-4-22-10-7-14(21)19-8-5-12(6-9-19)20-11-13(17-18-20)15(2,3)16;3-2(4,5)1(6)7/h11-12H,4-10,16H2,1-3H3;(H,6,7). The number of carbonyl (C=O) groups excluding carboxylic acids is 1. The summed E-state index contributed by atoms with van der Waals surface area (Å²) in [6.07, 6.45) is -0.626. The summed E-state index contributed by atoms with van der Waals surface area (Å²) in [5, 5.41) is 15.5. The van der Waals surface area contributed by atoms with Crippen LogP contribution in [0.2, 0.25) is 0 Å². The van der Waals surface area contributed by atoms with Crippen LogP contribution in [0.1, 0.15) is 51.8 Å². The number of hydrogen-bond acceptors (Lipinski definition) is 6. The molecule has 1 fully saturated rings. The minimum absolute atomic E-state index is 0.279. The van der Waals surface area contributed by atoms with Crippen LogP contribution in [0.15, 0.2) is 6.20 Å². The van der Waals surface area contributed by atoms with Gasteiger partial charge in [-0.2, -0.15) is 24.9 Å². The maximum absolute atomic E-state index is 12.1. The highest BCUT2D eigenvalue weighted by atomic mass is 32.2. The number of nitrogens with two attached hydrogens (primary N) is 1. The number of hydrogen-bond donors (Lipinski definition) is 2. The molecule has 1 aliphatic heterocycles. The number of carboxylic acid groups (broad SMARTS) is 1. The Kier molecular flexibility index (Phi) is 9.40. The summed E-state index contributed by atoms with van der Waals surface area (Å²) in [5.41, 5.74) is 6.39. The molecule has 2 rings (SSSR count). The van der Waals surface area contributed by atoms with E-state index in [-0.39, 0.29) is 5.91 Å². The minimum Gasteiger partial charge on any atom is -0.475 e. The fourth-order valence-electron chi connectivity index (χ4n) is 2.59. The fraction of sp³-hybridized carbons (Fsp3) is 0.765. The Morgan fingerprint density at radius 2 is 1.86 bits per heavy atom. The zero-order chi connectivity index (χ0) is 22.2. The second-order valence-electron chi connectivity index (χ2n) is 7.17. The maximum atomic E-state index is 12.1. The lowest BCUT2D eigenvalue weighted by atomic mass is 10.0. The van der Waals surface area contributed by atoms with Crippen LogP contribution < -0.4 is 5.73 Å². The summed E-state index contributed by atoms with van der Waals surface area (Å²) in [7, 11) is 0. The first-order chi connectivity index (χ1) is 13.4. The Hall–Kier alpha value is -1.82. The summed E-state index contributed by atoms with van der Waals surface area (Å²) < 4.78 is 33.7. The third kappa shape index (κ3) is 8.60. The molecule has 0 spiro atoms. The summed E-state index contributed by atoms with van der Waals surface area (Å²) in [6, 6.07) is 0.317. The lowest BCUT2D eigenvalue weighted by Gasteiger charge is -2.32. The topological polar surface area (TPSA) is 114 Å². The smallest absolute Gasteiger partial charge is 0.475 e. The Balaban J connectivity index is 0.000000516. The Morgan fingerprint density at radius 3 is 2.28 bits per heavy atom. The van der Waals surface area contributed by atoms with E-state index in [1.54, 1.807) is 0 Å². The molecule has 3 N–H and O–H groups in total. The van der Waals surface area contributed by atoms with Gasteiger partial charge in [0, 0.05) is 25.3 Å². The van der Waals surface area contributed by atoms with Gasteiger partial charge in [0.2, 0.25) is 5.91 Å². The van der Waals surface area contributed by atoms with E-state index in [2.05, 4.69) is 17.2 Å². The number of piperidine rings is 1. The second kappa shape index (κ2) is 10.8. The quantitative estimate of drug-likeness (QED) is 0.654. The Bertz CT molecular complexity index is 668. The summed E-state index contributed by atoms with van der Waals surface area (Å²) >= 11 is 1.82. The van der Waals surface area contributed by atoms with Crippen molar-refractivity contribution in [1.82, 2.24) is 19.9 Å². The predicted octanol–water partition coefficient (Wildman–Crippen LogP) is 2.41. The van der Waals surface area contributed by atoms with Crippen LogP contribution in [-0.2, 0) is 15.1 Å². The van der Waals surface area contributed by atoms with Crippen LogP contribution in [-0.4, -0.2) is 67.6 Å². The zero-order valence-electron chi connectivity index (χ0n) is 16.8. The van der Waals surface area contributed by atoms with Crippen LogP contribution in [0, 0.1) is 0 Å². The molecular weight excluding hydrogens is 411 g/mol. The maximum Gasteiger partial charge on any atom is 0.490 e. The van der Waals surface area contributed by atoms with Gasteiger partial charge in [-0.05, 0) is 32.4 Å². The molecule has 0 radical (unpaired) electrons. The first-order valence-corrected chi connectivity index (χ1v) is 10.4. The molecular formula is C17H28F3N5O3S. The molecule has 0 unspecified atom stereocenters. The zero-order valence-corrected chi connectivity index (χ0v) is 17.6. The molecule has 0 bridgehead atoms. The number of halogens is 3. The van der Waals surface area contributed by atoms with Gasteiger partial charge < -0.3 is 15.7 Å². The number of rotatable bonds is 6. The lowest BCUT2D eigenvalue weighted by Crippen LogP contribution is -2.39. The minimum atomic E-state index is -5.08.